The first kappa shape index (κ1) is 20.3. The Morgan fingerprint density at radius 3 is 2.22 bits per heavy atom. The van der Waals surface area contributed by atoms with Crippen molar-refractivity contribution in [2.75, 3.05) is 0 Å². The molecule has 0 atom stereocenters. The molecule has 18 heavy (non-hydrogen) atoms. The largest absolute Gasteiger partial charge is 1.00 e. The van der Waals surface area contributed by atoms with Crippen LogP contribution in [0.1, 0.15) is 27.7 Å². The van der Waals surface area contributed by atoms with Crippen molar-refractivity contribution >= 4 is 8.07 Å². The Bertz CT molecular complexity index is 435. The molecule has 1 aliphatic carbocycles. The van der Waals surface area contributed by atoms with Crippen molar-refractivity contribution in [3.8, 4) is 11.5 Å². The minimum Gasteiger partial charge on any atom is -1.00 e. The first-order valence-corrected chi connectivity index (χ1v) is 8.74. The molecule has 0 bridgehead atoms. The van der Waals surface area contributed by atoms with Crippen LogP contribution in [0, 0.1) is 17.9 Å². The molecule has 1 rings (SSSR count). The van der Waals surface area contributed by atoms with Gasteiger partial charge < -0.3 is 17.0 Å². The quantitative estimate of drug-likeness (QED) is 0.344. The second kappa shape index (κ2) is 7.56. The zero-order valence-corrected chi connectivity index (χ0v) is 15.5. The molecule has 0 heterocycles. The van der Waals surface area contributed by atoms with Crippen LogP contribution in [0.2, 0.25) is 18.1 Å². The van der Waals surface area contributed by atoms with Gasteiger partial charge in [0.1, 0.15) is 8.07 Å². The summed E-state index contributed by atoms with van der Waals surface area (Å²) < 4.78 is 0. The number of hydrogen-bond acceptors (Lipinski definition) is 0. The number of allylic oxidation sites excluding steroid dienone is 3. The molecule has 3 heteroatoms. The van der Waals surface area contributed by atoms with Crippen molar-refractivity contribution in [1.82, 2.24) is 0 Å². The van der Waals surface area contributed by atoms with Crippen LogP contribution in [0.25, 0.3) is 0 Å². The number of hydrogen-bond donors (Lipinski definition) is 0. The van der Waals surface area contributed by atoms with Crippen LogP contribution >= 0.6 is 0 Å². The maximum absolute atomic E-state index is 3.52. The Labute approximate surface area is 134 Å². The van der Waals surface area contributed by atoms with Crippen LogP contribution in [0.3, 0.4) is 0 Å². The van der Waals surface area contributed by atoms with E-state index < -0.39 is 8.07 Å². The van der Waals surface area contributed by atoms with Gasteiger partial charge in [-0.1, -0.05) is 39.8 Å². The molecule has 1 radical (unpaired) electrons. The van der Waals surface area contributed by atoms with Gasteiger partial charge in [-0.2, -0.15) is 0 Å². The number of rotatable bonds is 0. The maximum Gasteiger partial charge on any atom is 0.138 e. The molecule has 0 amide bonds. The third-order valence-corrected chi connectivity index (χ3v) is 7.84. The van der Waals surface area contributed by atoms with Gasteiger partial charge in [0, 0.05) is 28.5 Å². The first-order valence-electron chi connectivity index (χ1n) is 5.74. The predicted molar refractivity (Wildman–Crippen MR) is 74.6 cm³/mol. The SMILES string of the molecule is CC1=C=CC=C(C#C[Si](C)(C)C(C)(C)C)[CH]1.[Br-].[Ni]. The van der Waals surface area contributed by atoms with Crippen LogP contribution in [0.4, 0.5) is 0 Å². The van der Waals surface area contributed by atoms with E-state index in [9.17, 15) is 0 Å². The molecule has 0 spiro atoms. The van der Waals surface area contributed by atoms with Gasteiger partial charge in [-0.15, -0.1) is 11.3 Å². The van der Waals surface area contributed by atoms with Crippen LogP contribution in [-0.2, 0) is 16.5 Å². The average Bonchev–Trinajstić information content (AvgIpc) is 2.13. The van der Waals surface area contributed by atoms with Crippen molar-refractivity contribution < 1.29 is 33.5 Å². The number of halogens is 1. The fourth-order valence-electron chi connectivity index (χ4n) is 1.08. The van der Waals surface area contributed by atoms with Crippen LogP contribution in [-0.4, -0.2) is 8.07 Å². The monoisotopic (exact) mass is 366 g/mol. The molecule has 0 unspecified atom stereocenters. The van der Waals surface area contributed by atoms with E-state index in [0.29, 0.717) is 5.04 Å². The van der Waals surface area contributed by atoms with Crippen LogP contribution in [0.15, 0.2) is 29.0 Å². The van der Waals surface area contributed by atoms with E-state index in [-0.39, 0.29) is 33.5 Å². The van der Waals surface area contributed by atoms with Gasteiger partial charge in [-0.3, -0.25) is 0 Å². The third-order valence-electron chi connectivity index (χ3n) is 3.34. The molecule has 103 valence electrons. The molecule has 1 aliphatic rings. The molecule has 0 saturated heterocycles. The second-order valence-electron chi connectivity index (χ2n) is 5.89. The van der Waals surface area contributed by atoms with Crippen LogP contribution in [0.5, 0.6) is 0 Å². The van der Waals surface area contributed by atoms with Crippen molar-refractivity contribution in [2.45, 2.75) is 45.8 Å². The van der Waals surface area contributed by atoms with E-state index in [1.54, 1.807) is 0 Å². The summed E-state index contributed by atoms with van der Waals surface area (Å²) in [5, 5.41) is 0.329. The summed E-state index contributed by atoms with van der Waals surface area (Å²) in [5.41, 5.74) is 8.93. The second-order valence-corrected chi connectivity index (χ2v) is 10.9. The normalized spacial score (nSPS) is 14.3. The molecule has 0 N–H and O–H groups in total. The Balaban J connectivity index is 0. The van der Waals surface area contributed by atoms with E-state index in [0.717, 1.165) is 11.1 Å². The van der Waals surface area contributed by atoms with Gasteiger partial charge in [0.25, 0.3) is 0 Å². The van der Waals surface area contributed by atoms with Crippen molar-refractivity contribution in [3.63, 3.8) is 0 Å². The van der Waals surface area contributed by atoms with E-state index in [1.807, 2.05) is 12.2 Å². The summed E-state index contributed by atoms with van der Waals surface area (Å²) in [6, 6.07) is 0. The summed E-state index contributed by atoms with van der Waals surface area (Å²) in [7, 11) is -1.48. The average molecular weight is 368 g/mol. The van der Waals surface area contributed by atoms with Gasteiger partial charge >= 0.3 is 0 Å². The minimum absolute atomic E-state index is 0. The van der Waals surface area contributed by atoms with Gasteiger partial charge in [0.2, 0.25) is 0 Å². The Morgan fingerprint density at radius 1 is 1.22 bits per heavy atom. The first-order chi connectivity index (χ1) is 7.22. The summed E-state index contributed by atoms with van der Waals surface area (Å²) >= 11 is 0. The van der Waals surface area contributed by atoms with Gasteiger partial charge in [0.05, 0.1) is 0 Å². The molecular weight excluding hydrogens is 347 g/mol. The zero-order valence-electron chi connectivity index (χ0n) is 11.9. The molecule has 0 fully saturated rings. The van der Waals surface area contributed by atoms with Crippen molar-refractivity contribution in [1.29, 1.82) is 0 Å². The Kier molecular flexibility index (Phi) is 8.54. The topological polar surface area (TPSA) is 0 Å². The molecule has 0 saturated carbocycles. The predicted octanol–water partition coefficient (Wildman–Crippen LogP) is 1.28. The fourth-order valence-corrected chi connectivity index (χ4v) is 1.91. The Hall–Kier alpha value is 0.0104. The fraction of sp³-hybridized carbons (Fsp3) is 0.467. The maximum atomic E-state index is 3.52. The molecule has 0 aromatic carbocycles. The van der Waals surface area contributed by atoms with Gasteiger partial charge in [0.15, 0.2) is 0 Å². The molecular formula is C15H21BrNiSi-. The van der Waals surface area contributed by atoms with E-state index in [2.05, 4.69) is 64.4 Å². The van der Waals surface area contributed by atoms with Gasteiger partial charge in [-0.25, -0.2) is 0 Å². The third kappa shape index (κ3) is 5.77. The summed E-state index contributed by atoms with van der Waals surface area (Å²) in [6.45, 7) is 13.6. The standard InChI is InChI=1S/C15H21Si.BrH.Ni/c1-13-8-7-9-14(12-13)10-11-16(5,6)15(2,3)4;;/h7,9,12H,1-6H3;1H;/p-1. The molecule has 0 aliphatic heterocycles. The summed E-state index contributed by atoms with van der Waals surface area (Å²) in [4.78, 5) is 0. The minimum atomic E-state index is -1.48. The molecule has 0 nitrogen and oxygen atoms in total. The van der Waals surface area contributed by atoms with E-state index in [4.69, 9.17) is 0 Å². The zero-order chi connectivity index (χ0) is 12.4. The smallest absolute Gasteiger partial charge is 0.138 e. The molecule has 0 aromatic heterocycles. The molecule has 0 aromatic rings. The Morgan fingerprint density at radius 2 is 1.78 bits per heavy atom. The van der Waals surface area contributed by atoms with Gasteiger partial charge in [-0.05, 0) is 29.7 Å². The van der Waals surface area contributed by atoms with Crippen LogP contribution < -0.4 is 17.0 Å². The van der Waals surface area contributed by atoms with Crippen molar-refractivity contribution in [2.24, 2.45) is 0 Å². The van der Waals surface area contributed by atoms with Crippen molar-refractivity contribution in [3.05, 3.63) is 35.5 Å². The summed E-state index contributed by atoms with van der Waals surface area (Å²) in [5.74, 6) is 3.32. The van der Waals surface area contributed by atoms with E-state index in [1.165, 1.54) is 0 Å². The summed E-state index contributed by atoms with van der Waals surface area (Å²) in [6.07, 6.45) is 6.08. The van der Waals surface area contributed by atoms with E-state index >= 15 is 0 Å².